The molecule has 17 heavy (non-hydrogen) atoms. The van der Waals surface area contributed by atoms with E-state index in [9.17, 15) is 4.79 Å². The standard InChI is InChI=1S/C14H20BrNO/c1-11(2)8-9-16(3)10-14(17)12-4-6-13(15)7-5-12/h4-7,11H,8-10H2,1-3H3. The Balaban J connectivity index is 2.46. The molecule has 0 atom stereocenters. The van der Waals surface area contributed by atoms with Gasteiger partial charge in [0.1, 0.15) is 0 Å². The third-order valence-electron chi connectivity index (χ3n) is 2.67. The Morgan fingerprint density at radius 2 is 1.88 bits per heavy atom. The second-order valence-corrected chi connectivity index (χ2v) is 5.77. The number of carbonyl (C=O) groups is 1. The van der Waals surface area contributed by atoms with Gasteiger partial charge in [0.05, 0.1) is 6.54 Å². The number of halogens is 1. The minimum Gasteiger partial charge on any atom is -0.299 e. The van der Waals surface area contributed by atoms with Crippen molar-refractivity contribution in [3.8, 4) is 0 Å². The number of hydrogen-bond donors (Lipinski definition) is 0. The largest absolute Gasteiger partial charge is 0.299 e. The molecule has 1 rings (SSSR count). The Hall–Kier alpha value is -0.670. The first-order valence-electron chi connectivity index (χ1n) is 5.96. The van der Waals surface area contributed by atoms with E-state index in [1.54, 1.807) is 0 Å². The van der Waals surface area contributed by atoms with E-state index in [2.05, 4.69) is 34.7 Å². The summed E-state index contributed by atoms with van der Waals surface area (Å²) in [6.45, 7) is 5.86. The Morgan fingerprint density at radius 3 is 2.41 bits per heavy atom. The molecule has 0 saturated carbocycles. The van der Waals surface area contributed by atoms with E-state index in [1.165, 1.54) is 0 Å². The fraction of sp³-hybridized carbons (Fsp3) is 0.500. The summed E-state index contributed by atoms with van der Waals surface area (Å²) in [7, 11) is 2.00. The SMILES string of the molecule is CC(C)CCN(C)CC(=O)c1ccc(Br)cc1. The van der Waals surface area contributed by atoms with Crippen molar-refractivity contribution in [2.75, 3.05) is 20.1 Å². The highest BCUT2D eigenvalue weighted by molar-refractivity contribution is 9.10. The molecule has 0 aromatic heterocycles. The maximum atomic E-state index is 12.0. The van der Waals surface area contributed by atoms with Gasteiger partial charge in [0.15, 0.2) is 5.78 Å². The Morgan fingerprint density at radius 1 is 1.29 bits per heavy atom. The van der Waals surface area contributed by atoms with Crippen molar-refractivity contribution in [1.82, 2.24) is 4.90 Å². The van der Waals surface area contributed by atoms with Crippen molar-refractivity contribution in [3.63, 3.8) is 0 Å². The van der Waals surface area contributed by atoms with Crippen LogP contribution in [-0.4, -0.2) is 30.8 Å². The van der Waals surface area contributed by atoms with Crippen LogP contribution in [0, 0.1) is 5.92 Å². The van der Waals surface area contributed by atoms with Gasteiger partial charge in [-0.05, 0) is 38.1 Å². The fourth-order valence-corrected chi connectivity index (χ4v) is 1.79. The molecule has 0 N–H and O–H groups in total. The van der Waals surface area contributed by atoms with Gasteiger partial charge in [-0.15, -0.1) is 0 Å². The zero-order chi connectivity index (χ0) is 12.8. The van der Waals surface area contributed by atoms with Crippen molar-refractivity contribution in [1.29, 1.82) is 0 Å². The van der Waals surface area contributed by atoms with Crippen molar-refractivity contribution in [2.24, 2.45) is 5.92 Å². The second kappa shape index (κ2) is 6.92. The van der Waals surface area contributed by atoms with Gasteiger partial charge >= 0.3 is 0 Å². The molecule has 3 heteroatoms. The molecule has 1 aromatic rings. The normalized spacial score (nSPS) is 11.2. The van der Waals surface area contributed by atoms with Gasteiger partial charge in [0.25, 0.3) is 0 Å². The third-order valence-corrected chi connectivity index (χ3v) is 3.20. The highest BCUT2D eigenvalue weighted by Crippen LogP contribution is 2.11. The molecule has 2 nitrogen and oxygen atoms in total. The van der Waals surface area contributed by atoms with Crippen LogP contribution in [0.4, 0.5) is 0 Å². The number of hydrogen-bond acceptors (Lipinski definition) is 2. The quantitative estimate of drug-likeness (QED) is 0.748. The molecule has 94 valence electrons. The van der Waals surface area contributed by atoms with E-state index in [0.29, 0.717) is 12.5 Å². The topological polar surface area (TPSA) is 20.3 Å². The number of ketones is 1. The average molecular weight is 298 g/mol. The van der Waals surface area contributed by atoms with Crippen LogP contribution in [0.15, 0.2) is 28.7 Å². The van der Waals surface area contributed by atoms with Gasteiger partial charge in [0.2, 0.25) is 0 Å². The zero-order valence-electron chi connectivity index (χ0n) is 10.7. The van der Waals surface area contributed by atoms with Crippen LogP contribution in [0.1, 0.15) is 30.6 Å². The predicted octanol–water partition coefficient (Wildman–Crippen LogP) is 3.61. The lowest BCUT2D eigenvalue weighted by molar-refractivity contribution is 0.0944. The Labute approximate surface area is 112 Å². The molecule has 0 heterocycles. The van der Waals surface area contributed by atoms with Crippen molar-refractivity contribution in [3.05, 3.63) is 34.3 Å². The number of carbonyl (C=O) groups excluding carboxylic acids is 1. The number of rotatable bonds is 6. The summed E-state index contributed by atoms with van der Waals surface area (Å²) in [4.78, 5) is 14.0. The summed E-state index contributed by atoms with van der Waals surface area (Å²) in [5.74, 6) is 0.865. The Bertz CT molecular complexity index is 359. The molecule has 0 saturated heterocycles. The fourth-order valence-electron chi connectivity index (χ4n) is 1.53. The van der Waals surface area contributed by atoms with E-state index in [1.807, 2.05) is 31.3 Å². The predicted molar refractivity (Wildman–Crippen MR) is 75.4 cm³/mol. The first kappa shape index (κ1) is 14.4. The first-order valence-corrected chi connectivity index (χ1v) is 6.75. The summed E-state index contributed by atoms with van der Waals surface area (Å²) >= 11 is 3.36. The zero-order valence-corrected chi connectivity index (χ0v) is 12.3. The molecular formula is C14H20BrNO. The van der Waals surface area contributed by atoms with Crippen molar-refractivity contribution < 1.29 is 4.79 Å². The highest BCUT2D eigenvalue weighted by atomic mass is 79.9. The number of nitrogens with zero attached hydrogens (tertiary/aromatic N) is 1. The van der Waals surface area contributed by atoms with Crippen LogP contribution in [0.3, 0.4) is 0 Å². The first-order chi connectivity index (χ1) is 7.99. The van der Waals surface area contributed by atoms with E-state index >= 15 is 0 Å². The Kier molecular flexibility index (Phi) is 5.86. The lowest BCUT2D eigenvalue weighted by Gasteiger charge is -2.16. The highest BCUT2D eigenvalue weighted by Gasteiger charge is 2.09. The summed E-state index contributed by atoms with van der Waals surface area (Å²) in [6.07, 6.45) is 1.13. The minimum absolute atomic E-state index is 0.184. The van der Waals surface area contributed by atoms with E-state index in [4.69, 9.17) is 0 Å². The molecule has 1 aromatic carbocycles. The lowest BCUT2D eigenvalue weighted by Crippen LogP contribution is -2.27. The maximum Gasteiger partial charge on any atom is 0.176 e. The van der Waals surface area contributed by atoms with E-state index < -0.39 is 0 Å². The van der Waals surface area contributed by atoms with Crippen molar-refractivity contribution >= 4 is 21.7 Å². The maximum absolute atomic E-state index is 12.0. The van der Waals surface area contributed by atoms with Gasteiger partial charge in [-0.25, -0.2) is 0 Å². The molecule has 0 unspecified atom stereocenters. The molecule has 0 aliphatic carbocycles. The number of Topliss-reactive ketones (excluding diaryl/α,β-unsaturated/α-hetero) is 1. The lowest BCUT2D eigenvalue weighted by atomic mass is 10.1. The van der Waals surface area contributed by atoms with Crippen LogP contribution in [0.2, 0.25) is 0 Å². The van der Waals surface area contributed by atoms with Gasteiger partial charge in [-0.2, -0.15) is 0 Å². The van der Waals surface area contributed by atoms with Crippen LogP contribution >= 0.6 is 15.9 Å². The average Bonchev–Trinajstić information content (AvgIpc) is 2.27. The summed E-state index contributed by atoms with van der Waals surface area (Å²) < 4.78 is 1.00. The molecule has 0 amide bonds. The second-order valence-electron chi connectivity index (χ2n) is 4.85. The minimum atomic E-state index is 0.184. The molecule has 0 aliphatic heterocycles. The van der Waals surface area contributed by atoms with E-state index in [0.717, 1.165) is 23.0 Å². The molecule has 0 aliphatic rings. The van der Waals surface area contributed by atoms with Crippen LogP contribution in [0.25, 0.3) is 0 Å². The summed E-state index contributed by atoms with van der Waals surface area (Å²) in [6, 6.07) is 7.54. The van der Waals surface area contributed by atoms with Crippen molar-refractivity contribution in [2.45, 2.75) is 20.3 Å². The van der Waals surface area contributed by atoms with Gasteiger partial charge in [0, 0.05) is 10.0 Å². The molecule has 0 fully saturated rings. The van der Waals surface area contributed by atoms with Crippen LogP contribution in [-0.2, 0) is 0 Å². The van der Waals surface area contributed by atoms with Gasteiger partial charge in [-0.3, -0.25) is 9.69 Å². The third kappa shape index (κ3) is 5.46. The molecule has 0 bridgehead atoms. The summed E-state index contributed by atoms with van der Waals surface area (Å²) in [5, 5.41) is 0. The monoisotopic (exact) mass is 297 g/mol. The van der Waals surface area contributed by atoms with E-state index in [-0.39, 0.29) is 5.78 Å². The van der Waals surface area contributed by atoms with Crippen LogP contribution < -0.4 is 0 Å². The van der Waals surface area contributed by atoms with Gasteiger partial charge in [-0.1, -0.05) is 41.9 Å². The smallest absolute Gasteiger partial charge is 0.176 e. The van der Waals surface area contributed by atoms with Crippen LogP contribution in [0.5, 0.6) is 0 Å². The summed E-state index contributed by atoms with van der Waals surface area (Å²) in [5.41, 5.74) is 0.782. The number of likely N-dealkylation sites (N-methyl/N-ethyl adjacent to an activating group) is 1. The molecular weight excluding hydrogens is 278 g/mol. The van der Waals surface area contributed by atoms with Gasteiger partial charge < -0.3 is 0 Å². The molecule has 0 radical (unpaired) electrons. The molecule has 0 spiro atoms. The number of benzene rings is 1.